The third-order valence-electron chi connectivity index (χ3n) is 4.63. The van der Waals surface area contributed by atoms with E-state index in [4.69, 9.17) is 4.84 Å². The monoisotopic (exact) mass is 277 g/mol. The predicted octanol–water partition coefficient (Wildman–Crippen LogP) is 3.47. The molecule has 0 radical (unpaired) electrons. The van der Waals surface area contributed by atoms with Crippen LogP contribution in [-0.2, 0) is 16.1 Å². The van der Waals surface area contributed by atoms with Gasteiger partial charge in [-0.3, -0.25) is 9.63 Å². The van der Waals surface area contributed by atoms with Crippen molar-refractivity contribution in [3.8, 4) is 0 Å². The molecule has 20 heavy (non-hydrogen) atoms. The standard InChI is InChI=1S/C16H20FNO2/c1-20-18-15-12(8-5-9-14(15)17)10-13(16(18)19)11-6-3-2-4-7-11/h5,8-9,11,13H,2-4,6-7,10H2,1H3. The van der Waals surface area contributed by atoms with Crippen LogP contribution in [0.15, 0.2) is 18.2 Å². The molecule has 0 saturated heterocycles. The van der Waals surface area contributed by atoms with E-state index in [0.717, 1.165) is 23.5 Å². The van der Waals surface area contributed by atoms with Crippen molar-refractivity contribution < 1.29 is 14.0 Å². The fraction of sp³-hybridized carbons (Fsp3) is 0.562. The molecule has 0 spiro atoms. The molecule has 1 atom stereocenters. The molecular weight excluding hydrogens is 257 g/mol. The van der Waals surface area contributed by atoms with Gasteiger partial charge in [0.2, 0.25) is 0 Å². The second-order valence-electron chi connectivity index (χ2n) is 5.77. The van der Waals surface area contributed by atoms with Crippen LogP contribution in [-0.4, -0.2) is 13.0 Å². The number of benzene rings is 1. The Morgan fingerprint density at radius 3 is 2.70 bits per heavy atom. The first-order chi connectivity index (χ1) is 9.72. The summed E-state index contributed by atoms with van der Waals surface area (Å²) in [6, 6.07) is 4.97. The van der Waals surface area contributed by atoms with Gasteiger partial charge in [0.15, 0.2) is 0 Å². The Labute approximate surface area is 118 Å². The van der Waals surface area contributed by atoms with Crippen LogP contribution in [0.3, 0.4) is 0 Å². The summed E-state index contributed by atoms with van der Waals surface area (Å²) in [7, 11) is 1.43. The van der Waals surface area contributed by atoms with E-state index in [1.165, 1.54) is 32.4 Å². The van der Waals surface area contributed by atoms with E-state index < -0.39 is 0 Å². The number of carbonyl (C=O) groups excluding carboxylic acids is 1. The minimum Gasteiger partial charge on any atom is -0.272 e. The fourth-order valence-electron chi connectivity index (χ4n) is 3.62. The summed E-state index contributed by atoms with van der Waals surface area (Å²) in [4.78, 5) is 17.8. The molecule has 1 unspecified atom stereocenters. The van der Waals surface area contributed by atoms with Crippen molar-refractivity contribution >= 4 is 11.6 Å². The Morgan fingerprint density at radius 2 is 2.00 bits per heavy atom. The largest absolute Gasteiger partial charge is 0.272 e. The second-order valence-corrected chi connectivity index (χ2v) is 5.77. The van der Waals surface area contributed by atoms with Gasteiger partial charge in [-0.1, -0.05) is 31.4 Å². The van der Waals surface area contributed by atoms with Crippen molar-refractivity contribution in [3.63, 3.8) is 0 Å². The summed E-state index contributed by atoms with van der Waals surface area (Å²) in [5, 5.41) is 1.16. The van der Waals surface area contributed by atoms with E-state index in [1.54, 1.807) is 6.07 Å². The van der Waals surface area contributed by atoms with Gasteiger partial charge in [0.1, 0.15) is 11.5 Å². The van der Waals surface area contributed by atoms with Crippen molar-refractivity contribution in [1.29, 1.82) is 0 Å². The highest BCUT2D eigenvalue weighted by molar-refractivity contribution is 5.96. The molecule has 108 valence electrons. The van der Waals surface area contributed by atoms with Crippen molar-refractivity contribution in [2.75, 3.05) is 12.2 Å². The molecule has 0 bridgehead atoms. The number of para-hydroxylation sites is 1. The van der Waals surface area contributed by atoms with Gasteiger partial charge in [0, 0.05) is 5.92 Å². The van der Waals surface area contributed by atoms with E-state index in [2.05, 4.69) is 0 Å². The molecular formula is C16H20FNO2. The van der Waals surface area contributed by atoms with Crippen molar-refractivity contribution in [1.82, 2.24) is 0 Å². The number of fused-ring (bicyclic) bond motifs is 1. The summed E-state index contributed by atoms with van der Waals surface area (Å²) >= 11 is 0. The number of hydroxylamine groups is 1. The number of amides is 1. The predicted molar refractivity (Wildman–Crippen MR) is 74.7 cm³/mol. The molecule has 0 aromatic heterocycles. The first-order valence-electron chi connectivity index (χ1n) is 7.38. The quantitative estimate of drug-likeness (QED) is 0.828. The van der Waals surface area contributed by atoms with Gasteiger partial charge < -0.3 is 0 Å². The van der Waals surface area contributed by atoms with Gasteiger partial charge in [-0.2, -0.15) is 5.06 Å². The summed E-state index contributed by atoms with van der Waals surface area (Å²) in [5.74, 6) is -0.133. The summed E-state index contributed by atoms with van der Waals surface area (Å²) < 4.78 is 14.0. The third kappa shape index (κ3) is 2.22. The summed E-state index contributed by atoms with van der Waals surface area (Å²) in [6.07, 6.45) is 6.47. The van der Waals surface area contributed by atoms with Crippen molar-refractivity contribution in [3.05, 3.63) is 29.6 Å². The molecule has 1 heterocycles. The first kappa shape index (κ1) is 13.6. The molecule has 1 aliphatic carbocycles. The lowest BCUT2D eigenvalue weighted by Crippen LogP contribution is -2.44. The molecule has 1 amide bonds. The number of hydrogen-bond donors (Lipinski definition) is 0. The van der Waals surface area contributed by atoms with Gasteiger partial charge >= 0.3 is 0 Å². The van der Waals surface area contributed by atoms with Crippen molar-refractivity contribution in [2.24, 2.45) is 11.8 Å². The highest BCUT2D eigenvalue weighted by Gasteiger charge is 2.39. The maximum Gasteiger partial charge on any atom is 0.254 e. The number of hydrogen-bond acceptors (Lipinski definition) is 2. The van der Waals surface area contributed by atoms with E-state index in [1.807, 2.05) is 6.07 Å². The Morgan fingerprint density at radius 1 is 1.25 bits per heavy atom. The number of halogens is 1. The molecule has 1 aromatic carbocycles. The van der Waals surface area contributed by atoms with E-state index >= 15 is 0 Å². The second kappa shape index (κ2) is 5.52. The topological polar surface area (TPSA) is 29.5 Å². The van der Waals surface area contributed by atoms with E-state index in [-0.39, 0.29) is 17.6 Å². The Balaban J connectivity index is 1.95. The van der Waals surface area contributed by atoms with Gasteiger partial charge in [0.25, 0.3) is 5.91 Å². The average Bonchev–Trinajstić information content (AvgIpc) is 2.48. The fourth-order valence-corrected chi connectivity index (χ4v) is 3.62. The minimum absolute atomic E-state index is 0.0652. The number of rotatable bonds is 2. The molecule has 3 nitrogen and oxygen atoms in total. The van der Waals surface area contributed by atoms with Gasteiger partial charge in [0.05, 0.1) is 7.11 Å². The molecule has 0 N–H and O–H groups in total. The zero-order valence-corrected chi connectivity index (χ0v) is 11.8. The SMILES string of the molecule is CON1C(=O)C(C2CCCCC2)Cc2cccc(F)c21. The van der Waals surface area contributed by atoms with Crippen LogP contribution in [0.1, 0.15) is 37.7 Å². The number of nitrogens with zero attached hydrogens (tertiary/aromatic N) is 1. The summed E-state index contributed by atoms with van der Waals surface area (Å²) in [5.41, 5.74) is 1.18. The maximum absolute atomic E-state index is 14.0. The molecule has 1 aromatic rings. The average molecular weight is 277 g/mol. The van der Waals surface area contributed by atoms with Gasteiger partial charge in [-0.05, 0) is 36.8 Å². The van der Waals surface area contributed by atoms with Crippen LogP contribution in [0.4, 0.5) is 10.1 Å². The molecule has 1 saturated carbocycles. The highest BCUT2D eigenvalue weighted by Crippen LogP contribution is 2.40. The zero-order chi connectivity index (χ0) is 14.1. The van der Waals surface area contributed by atoms with Crippen molar-refractivity contribution in [2.45, 2.75) is 38.5 Å². The Hall–Kier alpha value is -1.42. The first-order valence-corrected chi connectivity index (χ1v) is 7.38. The van der Waals surface area contributed by atoms with Crippen LogP contribution in [0.2, 0.25) is 0 Å². The Kier molecular flexibility index (Phi) is 3.74. The lowest BCUT2D eigenvalue weighted by Gasteiger charge is -2.37. The summed E-state index contributed by atoms with van der Waals surface area (Å²) in [6.45, 7) is 0. The molecule has 3 rings (SSSR count). The smallest absolute Gasteiger partial charge is 0.254 e. The van der Waals surface area contributed by atoms with Crippen LogP contribution < -0.4 is 5.06 Å². The zero-order valence-electron chi connectivity index (χ0n) is 11.8. The normalized spacial score (nSPS) is 23.8. The maximum atomic E-state index is 14.0. The lowest BCUT2D eigenvalue weighted by molar-refractivity contribution is -0.131. The van der Waals surface area contributed by atoms with E-state index in [0.29, 0.717) is 18.0 Å². The molecule has 1 fully saturated rings. The van der Waals surface area contributed by atoms with E-state index in [9.17, 15) is 9.18 Å². The van der Waals surface area contributed by atoms with Crippen LogP contribution >= 0.6 is 0 Å². The van der Waals surface area contributed by atoms with Crippen LogP contribution in [0.5, 0.6) is 0 Å². The Bertz CT molecular complexity index is 511. The number of carbonyl (C=O) groups is 1. The molecule has 4 heteroatoms. The van der Waals surface area contributed by atoms with Gasteiger partial charge in [-0.15, -0.1) is 0 Å². The molecule has 1 aliphatic heterocycles. The van der Waals surface area contributed by atoms with Crippen LogP contribution in [0, 0.1) is 17.7 Å². The lowest BCUT2D eigenvalue weighted by atomic mass is 9.75. The third-order valence-corrected chi connectivity index (χ3v) is 4.63. The van der Waals surface area contributed by atoms with Gasteiger partial charge in [-0.25, -0.2) is 4.39 Å². The number of anilines is 1. The highest BCUT2D eigenvalue weighted by atomic mass is 19.1. The van der Waals surface area contributed by atoms with Crippen LogP contribution in [0.25, 0.3) is 0 Å². The minimum atomic E-state index is -0.389. The molecule has 2 aliphatic rings.